The van der Waals surface area contributed by atoms with Gasteiger partial charge < -0.3 is 15.7 Å². The number of unbranched alkanes of at least 4 members (excludes halogenated alkanes) is 1. The molecule has 0 bridgehead atoms. The zero-order valence-corrected chi connectivity index (χ0v) is 12.6. The van der Waals surface area contributed by atoms with Crippen LogP contribution in [-0.2, 0) is 4.79 Å². The molecule has 0 aliphatic rings. The van der Waals surface area contributed by atoms with E-state index in [1.807, 2.05) is 6.92 Å². The summed E-state index contributed by atoms with van der Waals surface area (Å²) in [4.78, 5) is 11.5. The third-order valence-corrected chi connectivity index (χ3v) is 3.07. The van der Waals surface area contributed by atoms with E-state index in [0.29, 0.717) is 12.1 Å². The van der Waals surface area contributed by atoms with E-state index in [1.165, 1.54) is 12.1 Å². The van der Waals surface area contributed by atoms with Gasteiger partial charge in [0.2, 0.25) is 5.91 Å². The maximum Gasteiger partial charge on any atom is 0.226 e. The summed E-state index contributed by atoms with van der Waals surface area (Å²) in [5.74, 6) is -0.331. The van der Waals surface area contributed by atoms with Crippen LogP contribution in [0.2, 0.25) is 10.0 Å². The third kappa shape index (κ3) is 5.22. The number of aromatic hydroxyl groups is 1. The van der Waals surface area contributed by atoms with Crippen LogP contribution in [-0.4, -0.2) is 16.1 Å². The molecule has 0 radical (unpaired) electrons. The minimum atomic E-state index is -0.188. The lowest BCUT2D eigenvalue weighted by molar-refractivity contribution is -0.119. The lowest BCUT2D eigenvalue weighted by atomic mass is 10.2. The molecule has 0 aromatic heterocycles. The van der Waals surface area contributed by atoms with Crippen LogP contribution in [0, 0.1) is 0 Å². The quantitative estimate of drug-likeness (QED) is 0.584. The number of halogens is 2. The van der Waals surface area contributed by atoms with Gasteiger partial charge in [-0.3, -0.25) is 4.79 Å². The fourth-order valence-electron chi connectivity index (χ4n) is 1.33. The van der Waals surface area contributed by atoms with E-state index in [1.54, 1.807) is 0 Å². The molecule has 1 aromatic rings. The first-order valence-corrected chi connectivity index (χ1v) is 6.89. The SMILES string of the molecule is CCCCC(=O)NC(=S)Nc1cc(Cl)c(O)c(Cl)c1. The molecule has 3 N–H and O–H groups in total. The molecule has 0 aliphatic heterocycles. The highest BCUT2D eigenvalue weighted by Crippen LogP contribution is 2.34. The zero-order valence-electron chi connectivity index (χ0n) is 10.3. The summed E-state index contributed by atoms with van der Waals surface area (Å²) in [5, 5.41) is 15.1. The standard InChI is InChI=1S/C12H14Cl2N2O2S/c1-2-3-4-10(17)16-12(19)15-7-5-8(13)11(18)9(14)6-7/h5-6,18H,2-4H2,1H3,(H2,15,16,17,19). The summed E-state index contributed by atoms with van der Waals surface area (Å²) in [5.41, 5.74) is 0.494. The summed E-state index contributed by atoms with van der Waals surface area (Å²) in [6.45, 7) is 2.00. The van der Waals surface area contributed by atoms with E-state index in [9.17, 15) is 9.90 Å². The number of rotatable bonds is 4. The van der Waals surface area contributed by atoms with Gasteiger partial charge in [0.05, 0.1) is 10.0 Å². The van der Waals surface area contributed by atoms with Crippen molar-refractivity contribution in [2.24, 2.45) is 0 Å². The summed E-state index contributed by atoms with van der Waals surface area (Å²) >= 11 is 16.5. The second-order valence-corrected chi connectivity index (χ2v) is 5.12. The molecule has 0 aliphatic carbocycles. The first-order chi connectivity index (χ1) is 8.93. The number of anilines is 1. The molecule has 1 amide bonds. The van der Waals surface area contributed by atoms with E-state index >= 15 is 0 Å². The van der Waals surface area contributed by atoms with Crippen molar-refractivity contribution in [3.63, 3.8) is 0 Å². The van der Waals surface area contributed by atoms with Crippen LogP contribution in [0.4, 0.5) is 5.69 Å². The lowest BCUT2D eigenvalue weighted by Gasteiger charge is -2.10. The van der Waals surface area contributed by atoms with Crippen LogP contribution < -0.4 is 10.6 Å². The number of amides is 1. The Morgan fingerprint density at radius 1 is 1.37 bits per heavy atom. The molecule has 4 nitrogen and oxygen atoms in total. The molecule has 1 aromatic carbocycles. The highest BCUT2D eigenvalue weighted by Gasteiger charge is 2.09. The lowest BCUT2D eigenvalue weighted by Crippen LogP contribution is -2.33. The highest BCUT2D eigenvalue weighted by atomic mass is 35.5. The average molecular weight is 321 g/mol. The molecule has 0 spiro atoms. The number of hydrogen-bond donors (Lipinski definition) is 3. The van der Waals surface area contributed by atoms with Gasteiger partial charge in [-0.2, -0.15) is 0 Å². The topological polar surface area (TPSA) is 61.4 Å². The minimum absolute atomic E-state index is 0.107. The van der Waals surface area contributed by atoms with E-state index in [-0.39, 0.29) is 26.8 Å². The molecule has 19 heavy (non-hydrogen) atoms. The van der Waals surface area contributed by atoms with Crippen molar-refractivity contribution in [1.29, 1.82) is 0 Å². The van der Waals surface area contributed by atoms with Crippen LogP contribution in [0.1, 0.15) is 26.2 Å². The maximum absolute atomic E-state index is 11.5. The van der Waals surface area contributed by atoms with Crippen molar-refractivity contribution in [2.75, 3.05) is 5.32 Å². The fraction of sp³-hybridized carbons (Fsp3) is 0.333. The molecule has 1 rings (SSSR count). The summed E-state index contributed by atoms with van der Waals surface area (Å²) in [6, 6.07) is 2.93. The number of nitrogens with one attached hydrogen (secondary N) is 2. The van der Waals surface area contributed by atoms with Crippen LogP contribution in [0.25, 0.3) is 0 Å². The van der Waals surface area contributed by atoms with E-state index in [4.69, 9.17) is 35.4 Å². The molecule has 104 valence electrons. The van der Waals surface area contributed by atoms with Crippen molar-refractivity contribution in [3.8, 4) is 5.75 Å². The molecule has 7 heteroatoms. The van der Waals surface area contributed by atoms with Gasteiger partial charge in [-0.25, -0.2) is 0 Å². The van der Waals surface area contributed by atoms with Crippen molar-refractivity contribution >= 4 is 52.1 Å². The Hall–Kier alpha value is -1.04. The van der Waals surface area contributed by atoms with Crippen molar-refractivity contribution in [3.05, 3.63) is 22.2 Å². The molecule has 0 atom stereocenters. The van der Waals surface area contributed by atoms with E-state index < -0.39 is 0 Å². The van der Waals surface area contributed by atoms with E-state index in [0.717, 1.165) is 12.8 Å². The number of thiocarbonyl (C=S) groups is 1. The average Bonchev–Trinajstić information content (AvgIpc) is 2.33. The summed E-state index contributed by atoms with van der Waals surface area (Å²) in [7, 11) is 0. The summed E-state index contributed by atoms with van der Waals surface area (Å²) < 4.78 is 0. The molecule has 0 saturated carbocycles. The van der Waals surface area contributed by atoms with Crippen LogP contribution >= 0.6 is 35.4 Å². The maximum atomic E-state index is 11.5. The Morgan fingerprint density at radius 3 is 2.47 bits per heavy atom. The molecule has 0 heterocycles. The largest absolute Gasteiger partial charge is 0.505 e. The number of phenols is 1. The zero-order chi connectivity index (χ0) is 14.4. The predicted molar refractivity (Wildman–Crippen MR) is 82.0 cm³/mol. The Bertz CT molecular complexity index is 472. The number of benzene rings is 1. The van der Waals surface area contributed by atoms with Crippen LogP contribution in [0.15, 0.2) is 12.1 Å². The number of carbonyl (C=O) groups excluding carboxylic acids is 1. The van der Waals surface area contributed by atoms with Crippen molar-refractivity contribution in [2.45, 2.75) is 26.2 Å². The smallest absolute Gasteiger partial charge is 0.226 e. The van der Waals surface area contributed by atoms with Crippen LogP contribution in [0.3, 0.4) is 0 Å². The van der Waals surface area contributed by atoms with Crippen molar-refractivity contribution < 1.29 is 9.90 Å². The predicted octanol–water partition coefficient (Wildman–Crippen LogP) is 3.70. The first kappa shape index (κ1) is 16.0. The Kier molecular flexibility index (Phi) is 6.34. The molecular weight excluding hydrogens is 307 g/mol. The van der Waals surface area contributed by atoms with Gasteiger partial charge in [0.15, 0.2) is 10.9 Å². The third-order valence-electron chi connectivity index (χ3n) is 2.29. The van der Waals surface area contributed by atoms with E-state index in [2.05, 4.69) is 10.6 Å². The Morgan fingerprint density at radius 2 is 1.95 bits per heavy atom. The first-order valence-electron chi connectivity index (χ1n) is 5.73. The van der Waals surface area contributed by atoms with Gasteiger partial charge in [-0.05, 0) is 30.8 Å². The summed E-state index contributed by atoms with van der Waals surface area (Å²) in [6.07, 6.45) is 2.18. The molecule has 0 saturated heterocycles. The van der Waals surface area contributed by atoms with Gasteiger partial charge in [0, 0.05) is 12.1 Å². The minimum Gasteiger partial charge on any atom is -0.505 e. The normalized spacial score (nSPS) is 10.1. The monoisotopic (exact) mass is 320 g/mol. The second kappa shape index (κ2) is 7.53. The van der Waals surface area contributed by atoms with Gasteiger partial charge in [0.25, 0.3) is 0 Å². The Balaban J connectivity index is 2.60. The Labute approximate surface area is 127 Å². The molecular formula is C12H14Cl2N2O2S. The van der Waals surface area contributed by atoms with Gasteiger partial charge in [-0.15, -0.1) is 0 Å². The fourth-order valence-corrected chi connectivity index (χ4v) is 2.05. The van der Waals surface area contributed by atoms with Crippen molar-refractivity contribution in [1.82, 2.24) is 5.32 Å². The number of carbonyl (C=O) groups is 1. The molecule has 0 unspecified atom stereocenters. The van der Waals surface area contributed by atoms with Gasteiger partial charge in [-0.1, -0.05) is 36.5 Å². The second-order valence-electron chi connectivity index (χ2n) is 3.89. The highest BCUT2D eigenvalue weighted by molar-refractivity contribution is 7.80. The number of hydrogen-bond acceptors (Lipinski definition) is 3. The number of phenolic OH excluding ortho intramolecular Hbond substituents is 1. The molecule has 0 fully saturated rings. The van der Waals surface area contributed by atoms with Gasteiger partial charge >= 0.3 is 0 Å². The van der Waals surface area contributed by atoms with Crippen LogP contribution in [0.5, 0.6) is 5.75 Å². The van der Waals surface area contributed by atoms with Gasteiger partial charge in [0.1, 0.15) is 0 Å².